The number of furan rings is 1. The second kappa shape index (κ2) is 6.23. The zero-order chi connectivity index (χ0) is 14.5. The predicted molar refractivity (Wildman–Crippen MR) is 67.3 cm³/mol. The number of urea groups is 1. The van der Waals surface area contributed by atoms with Crippen molar-refractivity contribution in [1.82, 2.24) is 10.6 Å². The third-order valence-electron chi connectivity index (χ3n) is 3.01. The molecule has 3 amide bonds. The highest BCUT2D eigenvalue weighted by molar-refractivity contribution is 5.95. The number of carbonyl (C=O) groups is 3. The smallest absolute Gasteiger partial charge is 0.321 e. The number of rotatable bonds is 5. The first-order valence-electron chi connectivity index (χ1n) is 6.33. The van der Waals surface area contributed by atoms with Crippen LogP contribution in [0.2, 0.25) is 0 Å². The van der Waals surface area contributed by atoms with E-state index in [9.17, 15) is 14.4 Å². The van der Waals surface area contributed by atoms with Crippen LogP contribution in [0.5, 0.6) is 0 Å². The van der Waals surface area contributed by atoms with Crippen LogP contribution in [0.4, 0.5) is 4.79 Å². The average Bonchev–Trinajstić information content (AvgIpc) is 2.92. The fraction of sp³-hybridized carbons (Fsp3) is 0.462. The van der Waals surface area contributed by atoms with E-state index in [0.717, 1.165) is 6.42 Å². The minimum atomic E-state index is -0.665. The highest BCUT2D eigenvalue weighted by Gasteiger charge is 2.40. The van der Waals surface area contributed by atoms with Crippen molar-refractivity contribution in [2.24, 2.45) is 11.8 Å². The van der Waals surface area contributed by atoms with Crippen LogP contribution in [0.1, 0.15) is 19.1 Å². The monoisotopic (exact) mass is 280 g/mol. The summed E-state index contributed by atoms with van der Waals surface area (Å²) in [4.78, 5) is 34.1. The molecule has 2 atom stereocenters. The predicted octanol–water partition coefficient (Wildman–Crippen LogP) is 0.805. The summed E-state index contributed by atoms with van der Waals surface area (Å²) in [7, 11) is 0. The Balaban J connectivity index is 1.61. The van der Waals surface area contributed by atoms with Crippen molar-refractivity contribution in [1.29, 1.82) is 0 Å². The molecule has 7 heteroatoms. The number of hydrogen-bond donors (Lipinski definition) is 2. The van der Waals surface area contributed by atoms with Crippen LogP contribution < -0.4 is 10.6 Å². The molecule has 0 aliphatic heterocycles. The molecule has 0 bridgehead atoms. The van der Waals surface area contributed by atoms with Gasteiger partial charge in [-0.2, -0.15) is 0 Å². The van der Waals surface area contributed by atoms with Gasteiger partial charge < -0.3 is 14.5 Å². The van der Waals surface area contributed by atoms with Gasteiger partial charge in [-0.25, -0.2) is 4.79 Å². The lowest BCUT2D eigenvalue weighted by molar-refractivity contribution is -0.149. The van der Waals surface area contributed by atoms with E-state index >= 15 is 0 Å². The molecule has 7 nitrogen and oxygen atoms in total. The van der Waals surface area contributed by atoms with Gasteiger partial charge in [0.25, 0.3) is 5.91 Å². The van der Waals surface area contributed by atoms with Gasteiger partial charge >= 0.3 is 12.0 Å². The van der Waals surface area contributed by atoms with Gasteiger partial charge in [-0.1, -0.05) is 6.92 Å². The summed E-state index contributed by atoms with van der Waals surface area (Å²) in [5.41, 5.74) is 0. The number of carbonyl (C=O) groups excluding carboxylic acids is 3. The van der Waals surface area contributed by atoms with Crippen LogP contribution in [0.15, 0.2) is 22.8 Å². The quantitative estimate of drug-likeness (QED) is 0.778. The Morgan fingerprint density at radius 1 is 1.45 bits per heavy atom. The first-order chi connectivity index (χ1) is 9.56. The second-order valence-corrected chi connectivity index (χ2v) is 4.74. The Hall–Kier alpha value is -2.31. The number of ether oxygens (including phenoxy) is 1. The summed E-state index contributed by atoms with van der Waals surface area (Å²) < 4.78 is 9.81. The largest absolute Gasteiger partial charge is 0.467 e. The molecule has 1 aromatic rings. The van der Waals surface area contributed by atoms with E-state index in [0.29, 0.717) is 11.7 Å². The number of nitrogens with one attached hydrogen (secondary N) is 2. The Bertz CT molecular complexity index is 497. The minimum Gasteiger partial charge on any atom is -0.467 e. The molecule has 2 rings (SSSR count). The summed E-state index contributed by atoms with van der Waals surface area (Å²) in [5, 5.41) is 4.50. The van der Waals surface area contributed by atoms with E-state index in [4.69, 9.17) is 9.15 Å². The van der Waals surface area contributed by atoms with Crippen molar-refractivity contribution in [3.05, 3.63) is 24.2 Å². The van der Waals surface area contributed by atoms with Crippen molar-refractivity contribution >= 4 is 17.9 Å². The fourth-order valence-corrected chi connectivity index (χ4v) is 1.68. The first kappa shape index (κ1) is 14.1. The molecule has 0 aromatic carbocycles. The maximum absolute atomic E-state index is 11.4. The minimum absolute atomic E-state index is 0.101. The van der Waals surface area contributed by atoms with Crippen molar-refractivity contribution < 1.29 is 23.5 Å². The van der Waals surface area contributed by atoms with E-state index in [1.54, 1.807) is 12.1 Å². The molecule has 0 saturated heterocycles. The van der Waals surface area contributed by atoms with E-state index in [1.165, 1.54) is 6.26 Å². The normalized spacial score (nSPS) is 20.1. The molecular formula is C13H16N2O5. The summed E-state index contributed by atoms with van der Waals surface area (Å²) in [5.74, 6) is -0.258. The number of amides is 3. The molecule has 20 heavy (non-hydrogen) atoms. The van der Waals surface area contributed by atoms with E-state index < -0.39 is 18.5 Å². The number of imide groups is 1. The van der Waals surface area contributed by atoms with Gasteiger partial charge in [-0.05, 0) is 24.5 Å². The summed E-state index contributed by atoms with van der Waals surface area (Å²) in [6, 6.07) is 2.72. The van der Waals surface area contributed by atoms with Gasteiger partial charge in [0.2, 0.25) is 0 Å². The first-order valence-corrected chi connectivity index (χ1v) is 6.33. The topological polar surface area (TPSA) is 97.6 Å². The standard InChI is InChI=1S/C13H16N2O5/c1-8-5-10(8)12(17)20-7-11(16)15-13(18)14-6-9-3-2-4-19-9/h2-4,8,10H,5-7H2,1H3,(H2,14,15,16,18)/t8-,10-/m0/s1. The van der Waals surface area contributed by atoms with Gasteiger partial charge in [-0.15, -0.1) is 0 Å². The van der Waals surface area contributed by atoms with Crippen LogP contribution in [0.3, 0.4) is 0 Å². The highest BCUT2D eigenvalue weighted by atomic mass is 16.5. The third kappa shape index (κ3) is 4.11. The number of hydrogen-bond acceptors (Lipinski definition) is 5. The van der Waals surface area contributed by atoms with E-state index in [-0.39, 0.29) is 18.4 Å². The molecule has 1 heterocycles. The molecule has 1 aliphatic rings. The average molecular weight is 280 g/mol. The SMILES string of the molecule is C[C@H]1C[C@@H]1C(=O)OCC(=O)NC(=O)NCc1ccco1. The lowest BCUT2D eigenvalue weighted by Gasteiger charge is -2.06. The molecule has 0 spiro atoms. The summed E-state index contributed by atoms with van der Waals surface area (Å²) >= 11 is 0. The summed E-state index contributed by atoms with van der Waals surface area (Å²) in [6.07, 6.45) is 2.28. The van der Waals surface area contributed by atoms with Crippen LogP contribution in [0.25, 0.3) is 0 Å². The van der Waals surface area contributed by atoms with Crippen LogP contribution in [-0.4, -0.2) is 24.5 Å². The molecule has 2 N–H and O–H groups in total. The van der Waals surface area contributed by atoms with Gasteiger partial charge in [-0.3, -0.25) is 14.9 Å². The van der Waals surface area contributed by atoms with Gasteiger partial charge in [0.15, 0.2) is 6.61 Å². The zero-order valence-corrected chi connectivity index (χ0v) is 11.0. The fourth-order valence-electron chi connectivity index (χ4n) is 1.68. The highest BCUT2D eigenvalue weighted by Crippen LogP contribution is 2.38. The zero-order valence-electron chi connectivity index (χ0n) is 11.0. The van der Waals surface area contributed by atoms with Crippen LogP contribution in [0, 0.1) is 11.8 Å². The van der Waals surface area contributed by atoms with Crippen LogP contribution >= 0.6 is 0 Å². The maximum Gasteiger partial charge on any atom is 0.321 e. The van der Waals surface area contributed by atoms with Crippen molar-refractivity contribution in [3.8, 4) is 0 Å². The molecule has 0 radical (unpaired) electrons. The molecule has 1 aromatic heterocycles. The second-order valence-electron chi connectivity index (χ2n) is 4.74. The van der Waals surface area contributed by atoms with E-state index in [1.807, 2.05) is 6.92 Å². The number of esters is 1. The lowest BCUT2D eigenvalue weighted by atomic mass is 10.3. The molecule has 1 saturated carbocycles. The third-order valence-corrected chi connectivity index (χ3v) is 3.01. The Morgan fingerprint density at radius 3 is 2.80 bits per heavy atom. The molecule has 1 aliphatic carbocycles. The van der Waals surface area contributed by atoms with Gasteiger partial charge in [0, 0.05) is 0 Å². The van der Waals surface area contributed by atoms with Gasteiger partial charge in [0.1, 0.15) is 5.76 Å². The summed E-state index contributed by atoms with van der Waals surface area (Å²) in [6.45, 7) is 1.66. The van der Waals surface area contributed by atoms with Gasteiger partial charge in [0.05, 0.1) is 18.7 Å². The molecular weight excluding hydrogens is 264 g/mol. The molecule has 108 valence electrons. The van der Waals surface area contributed by atoms with Crippen molar-refractivity contribution in [2.45, 2.75) is 19.9 Å². The lowest BCUT2D eigenvalue weighted by Crippen LogP contribution is -2.41. The Morgan fingerprint density at radius 2 is 2.20 bits per heavy atom. The Labute approximate surface area is 115 Å². The van der Waals surface area contributed by atoms with Crippen molar-refractivity contribution in [3.63, 3.8) is 0 Å². The maximum atomic E-state index is 11.4. The van der Waals surface area contributed by atoms with Crippen molar-refractivity contribution in [2.75, 3.05) is 6.61 Å². The molecule has 0 unspecified atom stereocenters. The van der Waals surface area contributed by atoms with E-state index in [2.05, 4.69) is 10.6 Å². The Kier molecular flexibility index (Phi) is 4.39. The van der Waals surface area contributed by atoms with Crippen LogP contribution in [-0.2, 0) is 20.9 Å². The molecule has 1 fully saturated rings.